The third kappa shape index (κ3) is 6.51. The number of amides is 2. The minimum Gasteiger partial charge on any atom is -0.483 e. The van der Waals surface area contributed by atoms with Crippen molar-refractivity contribution in [1.29, 1.82) is 5.41 Å². The molecule has 8 nitrogen and oxygen atoms in total. The third-order valence-corrected chi connectivity index (χ3v) is 6.79. The molecule has 10 heteroatoms. The van der Waals surface area contributed by atoms with Gasteiger partial charge in [-0.3, -0.25) is 19.9 Å². The molecular weight excluding hydrogens is 570 g/mol. The van der Waals surface area contributed by atoms with Gasteiger partial charge in [-0.05, 0) is 86.3 Å². The summed E-state index contributed by atoms with van der Waals surface area (Å²) in [6.07, 6.45) is 1.63. The summed E-state index contributed by atoms with van der Waals surface area (Å²) in [6, 6.07) is 19.0. The summed E-state index contributed by atoms with van der Waals surface area (Å²) < 4.78 is 11.5. The second-order valence-corrected chi connectivity index (χ2v) is 10.2. The van der Waals surface area contributed by atoms with Crippen molar-refractivity contribution in [2.24, 2.45) is 0 Å². The molecule has 0 aliphatic carbocycles. The minimum absolute atomic E-state index is 0.0278. The summed E-state index contributed by atoms with van der Waals surface area (Å²) in [4.78, 5) is 39.1. The number of hydrogen-bond donors (Lipinski definition) is 2. The molecule has 3 aromatic carbocycles. The molecule has 38 heavy (non-hydrogen) atoms. The first-order valence-electron chi connectivity index (χ1n) is 11.6. The number of thioether (sulfide) groups is 1. The van der Waals surface area contributed by atoms with Gasteiger partial charge in [0.1, 0.15) is 5.75 Å². The maximum atomic E-state index is 13.2. The number of carbonyl (C=O) groups excluding carboxylic acids is 3. The van der Waals surface area contributed by atoms with Crippen LogP contribution in [0, 0.1) is 12.3 Å². The van der Waals surface area contributed by atoms with Crippen molar-refractivity contribution in [2.75, 3.05) is 23.4 Å². The summed E-state index contributed by atoms with van der Waals surface area (Å²) in [5.41, 5.74) is 3.16. The van der Waals surface area contributed by atoms with E-state index in [0.717, 1.165) is 21.8 Å². The van der Waals surface area contributed by atoms with E-state index in [4.69, 9.17) is 14.9 Å². The van der Waals surface area contributed by atoms with E-state index < -0.39 is 5.97 Å². The number of benzene rings is 3. The van der Waals surface area contributed by atoms with Crippen LogP contribution in [0.15, 0.2) is 76.1 Å². The molecule has 4 rings (SSSR count). The third-order valence-electron chi connectivity index (χ3n) is 5.41. The van der Waals surface area contributed by atoms with Gasteiger partial charge in [-0.1, -0.05) is 33.6 Å². The lowest BCUT2D eigenvalue weighted by Crippen LogP contribution is -2.28. The Bertz CT molecular complexity index is 1420. The van der Waals surface area contributed by atoms with Crippen LogP contribution in [-0.2, 0) is 14.3 Å². The number of nitrogens with zero attached hydrogens (tertiary/aromatic N) is 1. The van der Waals surface area contributed by atoms with Gasteiger partial charge in [0.15, 0.2) is 11.8 Å². The second-order valence-electron chi connectivity index (χ2n) is 8.21. The van der Waals surface area contributed by atoms with Crippen molar-refractivity contribution in [1.82, 2.24) is 0 Å². The number of esters is 1. The average molecular weight is 594 g/mol. The number of amidine groups is 1. The Morgan fingerprint density at radius 1 is 1.08 bits per heavy atom. The number of aryl methyl sites for hydroxylation is 1. The van der Waals surface area contributed by atoms with Crippen LogP contribution in [0.2, 0.25) is 0 Å². The first kappa shape index (κ1) is 27.2. The van der Waals surface area contributed by atoms with Crippen molar-refractivity contribution >= 4 is 68.1 Å². The minimum atomic E-state index is -0.452. The van der Waals surface area contributed by atoms with Gasteiger partial charge >= 0.3 is 5.97 Å². The van der Waals surface area contributed by atoms with E-state index in [1.54, 1.807) is 55.5 Å². The van der Waals surface area contributed by atoms with Gasteiger partial charge in [-0.25, -0.2) is 4.79 Å². The van der Waals surface area contributed by atoms with E-state index in [9.17, 15) is 14.4 Å². The lowest BCUT2D eigenvalue weighted by atomic mass is 10.1. The molecule has 1 aliphatic rings. The zero-order valence-electron chi connectivity index (χ0n) is 20.6. The number of nitrogens with one attached hydrogen (secondary N) is 2. The molecule has 0 bridgehead atoms. The van der Waals surface area contributed by atoms with Crippen molar-refractivity contribution in [3.05, 3.63) is 92.8 Å². The predicted octanol–water partition coefficient (Wildman–Crippen LogP) is 6.01. The van der Waals surface area contributed by atoms with Crippen molar-refractivity contribution in [2.45, 2.75) is 13.8 Å². The molecule has 1 heterocycles. The van der Waals surface area contributed by atoms with Gasteiger partial charge in [0.05, 0.1) is 22.8 Å². The Morgan fingerprint density at radius 3 is 2.47 bits per heavy atom. The lowest BCUT2D eigenvalue weighted by molar-refractivity contribution is -0.118. The number of hydrogen-bond acceptors (Lipinski definition) is 7. The summed E-state index contributed by atoms with van der Waals surface area (Å²) in [5.74, 6) is -0.740. The largest absolute Gasteiger partial charge is 0.483 e. The van der Waals surface area contributed by atoms with Crippen molar-refractivity contribution in [3.8, 4) is 5.75 Å². The normalized spacial score (nSPS) is 14.1. The molecule has 0 atom stereocenters. The summed E-state index contributed by atoms with van der Waals surface area (Å²) in [7, 11) is 0. The molecule has 0 unspecified atom stereocenters. The molecule has 0 radical (unpaired) electrons. The molecule has 3 aromatic rings. The monoisotopic (exact) mass is 593 g/mol. The molecule has 0 saturated carbocycles. The molecule has 0 spiro atoms. The van der Waals surface area contributed by atoms with Gasteiger partial charge in [-0.2, -0.15) is 0 Å². The highest BCUT2D eigenvalue weighted by Crippen LogP contribution is 2.37. The fraction of sp³-hybridized carbons (Fsp3) is 0.143. The Kier molecular flexibility index (Phi) is 8.65. The van der Waals surface area contributed by atoms with Gasteiger partial charge in [0.2, 0.25) is 0 Å². The summed E-state index contributed by atoms with van der Waals surface area (Å²) in [5, 5.41) is 11.2. The Labute approximate surface area is 232 Å². The van der Waals surface area contributed by atoms with Crippen LogP contribution >= 0.6 is 27.7 Å². The van der Waals surface area contributed by atoms with Crippen LogP contribution in [0.5, 0.6) is 5.75 Å². The van der Waals surface area contributed by atoms with E-state index in [2.05, 4.69) is 21.2 Å². The fourth-order valence-electron chi connectivity index (χ4n) is 3.56. The van der Waals surface area contributed by atoms with Crippen LogP contribution in [0.25, 0.3) is 6.08 Å². The smallest absolute Gasteiger partial charge is 0.338 e. The van der Waals surface area contributed by atoms with Crippen LogP contribution in [0.4, 0.5) is 11.4 Å². The summed E-state index contributed by atoms with van der Waals surface area (Å²) in [6.45, 7) is 3.73. The molecule has 0 aromatic heterocycles. The SMILES string of the molecule is CCOC(=O)c1ccc(N2C(=N)S/C(=C\c3cc(Br)ccc3OCC(=O)Nc3ccc(C)cc3)C2=O)cc1. The first-order valence-corrected chi connectivity index (χ1v) is 13.2. The van der Waals surface area contributed by atoms with E-state index in [-0.39, 0.29) is 30.2 Å². The van der Waals surface area contributed by atoms with Crippen molar-refractivity contribution in [3.63, 3.8) is 0 Å². The predicted molar refractivity (Wildman–Crippen MR) is 153 cm³/mol. The number of carbonyl (C=O) groups is 3. The molecule has 1 aliphatic heterocycles. The number of halogens is 1. The maximum absolute atomic E-state index is 13.2. The molecule has 2 amide bonds. The topological polar surface area (TPSA) is 109 Å². The lowest BCUT2D eigenvalue weighted by Gasteiger charge is -2.14. The van der Waals surface area contributed by atoms with Crippen LogP contribution in [0.1, 0.15) is 28.4 Å². The molecule has 1 saturated heterocycles. The number of rotatable bonds is 8. The van der Waals surface area contributed by atoms with Gasteiger partial charge in [0.25, 0.3) is 11.8 Å². The van der Waals surface area contributed by atoms with Crippen molar-refractivity contribution < 1.29 is 23.9 Å². The zero-order valence-corrected chi connectivity index (χ0v) is 23.0. The maximum Gasteiger partial charge on any atom is 0.338 e. The average Bonchev–Trinajstić information content (AvgIpc) is 3.17. The van der Waals surface area contributed by atoms with E-state index in [1.165, 1.54) is 4.90 Å². The molecule has 2 N–H and O–H groups in total. The number of anilines is 2. The first-order chi connectivity index (χ1) is 18.2. The van der Waals surface area contributed by atoms with E-state index in [1.807, 2.05) is 31.2 Å². The van der Waals surface area contributed by atoms with Crippen LogP contribution < -0.4 is 15.0 Å². The Morgan fingerprint density at radius 2 is 1.79 bits per heavy atom. The molecule has 1 fully saturated rings. The van der Waals surface area contributed by atoms with E-state index in [0.29, 0.717) is 33.2 Å². The standard InChI is InChI=1S/C28H24BrN3O5S/c1-3-36-27(35)18-6-11-22(12-7-18)32-26(34)24(38-28(32)30)15-19-14-20(29)8-13-23(19)37-16-25(33)31-21-9-4-17(2)5-10-21/h4-15,30H,3,16H2,1-2H3,(H,31,33)/b24-15-,30-28?. The summed E-state index contributed by atoms with van der Waals surface area (Å²) >= 11 is 4.45. The fourth-order valence-corrected chi connectivity index (χ4v) is 4.80. The second kappa shape index (κ2) is 12.1. The van der Waals surface area contributed by atoms with Crippen LogP contribution in [0.3, 0.4) is 0 Å². The Balaban J connectivity index is 1.49. The quantitative estimate of drug-likeness (QED) is 0.244. The highest BCUT2D eigenvalue weighted by atomic mass is 79.9. The Hall–Kier alpha value is -3.89. The van der Waals surface area contributed by atoms with Gasteiger partial charge in [-0.15, -0.1) is 0 Å². The molecular formula is C28H24BrN3O5S. The molecule has 194 valence electrons. The zero-order chi connectivity index (χ0) is 27.2. The van der Waals surface area contributed by atoms with E-state index >= 15 is 0 Å². The van der Waals surface area contributed by atoms with Gasteiger partial charge in [0, 0.05) is 15.7 Å². The highest BCUT2D eigenvalue weighted by Gasteiger charge is 2.34. The van der Waals surface area contributed by atoms with Gasteiger partial charge < -0.3 is 14.8 Å². The number of ether oxygens (including phenoxy) is 2. The highest BCUT2D eigenvalue weighted by molar-refractivity contribution is 9.10. The van der Waals surface area contributed by atoms with Crippen LogP contribution in [-0.4, -0.2) is 36.2 Å².